The minimum absolute atomic E-state index is 0.315. The quantitative estimate of drug-likeness (QED) is 0.803. The van der Waals surface area contributed by atoms with Crippen molar-refractivity contribution in [3.63, 3.8) is 0 Å². The van der Waals surface area contributed by atoms with Crippen LogP contribution in [-0.4, -0.2) is 20.3 Å². The Bertz CT molecular complexity index is 357. The lowest BCUT2D eigenvalue weighted by molar-refractivity contribution is 0.154. The number of rotatable bonds is 7. The van der Waals surface area contributed by atoms with E-state index in [1.165, 1.54) is 37.7 Å². The predicted molar refractivity (Wildman–Crippen MR) is 80.3 cm³/mol. The summed E-state index contributed by atoms with van der Waals surface area (Å²) in [4.78, 5) is 0. The Labute approximate surface area is 117 Å². The fraction of sp³-hybridized carbons (Fsp3) is 0.647. The molecule has 0 aromatic heterocycles. The van der Waals surface area contributed by atoms with Crippen molar-refractivity contribution in [2.24, 2.45) is 5.41 Å². The van der Waals surface area contributed by atoms with Gasteiger partial charge in [-0.2, -0.15) is 0 Å². The van der Waals surface area contributed by atoms with E-state index in [9.17, 15) is 0 Å². The molecule has 0 heterocycles. The van der Waals surface area contributed by atoms with Crippen molar-refractivity contribution in [3.05, 3.63) is 35.9 Å². The second-order valence-corrected chi connectivity index (χ2v) is 5.86. The van der Waals surface area contributed by atoms with Gasteiger partial charge < -0.3 is 10.1 Å². The predicted octanol–water partition coefficient (Wildman–Crippen LogP) is 3.93. The van der Waals surface area contributed by atoms with Gasteiger partial charge in [-0.3, -0.25) is 0 Å². The Morgan fingerprint density at radius 2 is 1.89 bits per heavy atom. The van der Waals surface area contributed by atoms with E-state index in [1.807, 2.05) is 0 Å². The van der Waals surface area contributed by atoms with Crippen LogP contribution >= 0.6 is 0 Å². The van der Waals surface area contributed by atoms with E-state index in [0.29, 0.717) is 11.5 Å². The number of benzene rings is 1. The highest BCUT2D eigenvalue weighted by Crippen LogP contribution is 2.40. The van der Waals surface area contributed by atoms with Crippen molar-refractivity contribution in [1.29, 1.82) is 0 Å². The van der Waals surface area contributed by atoms with Gasteiger partial charge in [-0.05, 0) is 30.2 Å². The summed E-state index contributed by atoms with van der Waals surface area (Å²) in [6.45, 7) is 4.19. The number of methoxy groups -OCH3 is 1. The van der Waals surface area contributed by atoms with Crippen LogP contribution in [0.15, 0.2) is 30.3 Å². The lowest BCUT2D eigenvalue weighted by Crippen LogP contribution is -2.35. The van der Waals surface area contributed by atoms with Crippen molar-refractivity contribution in [2.45, 2.75) is 45.1 Å². The van der Waals surface area contributed by atoms with Crippen LogP contribution in [-0.2, 0) is 4.74 Å². The highest BCUT2D eigenvalue weighted by atomic mass is 16.5. The Morgan fingerprint density at radius 3 is 2.47 bits per heavy atom. The summed E-state index contributed by atoms with van der Waals surface area (Å²) in [5.74, 6) is 0. The normalized spacial score (nSPS) is 19.5. The number of ether oxygens (including phenoxy) is 1. The van der Waals surface area contributed by atoms with Gasteiger partial charge >= 0.3 is 0 Å². The van der Waals surface area contributed by atoms with Gasteiger partial charge in [0, 0.05) is 13.7 Å². The lowest BCUT2D eigenvalue weighted by atomic mass is 9.83. The minimum Gasteiger partial charge on any atom is -0.383 e. The molecule has 1 aromatic rings. The van der Waals surface area contributed by atoms with Crippen LogP contribution in [0.5, 0.6) is 0 Å². The molecule has 2 rings (SSSR count). The first-order chi connectivity index (χ1) is 9.29. The zero-order valence-electron chi connectivity index (χ0n) is 12.3. The average molecular weight is 261 g/mol. The van der Waals surface area contributed by atoms with Crippen LogP contribution in [0.4, 0.5) is 0 Å². The molecule has 1 fully saturated rings. The fourth-order valence-electron chi connectivity index (χ4n) is 3.25. The van der Waals surface area contributed by atoms with E-state index in [2.05, 4.69) is 42.6 Å². The highest BCUT2D eigenvalue weighted by molar-refractivity contribution is 5.19. The molecule has 2 heteroatoms. The first kappa shape index (κ1) is 14.5. The van der Waals surface area contributed by atoms with Gasteiger partial charge in [-0.1, -0.05) is 50.1 Å². The fourth-order valence-corrected chi connectivity index (χ4v) is 3.25. The third kappa shape index (κ3) is 3.80. The zero-order valence-corrected chi connectivity index (χ0v) is 12.3. The summed E-state index contributed by atoms with van der Waals surface area (Å²) in [5.41, 5.74) is 1.86. The smallest absolute Gasteiger partial charge is 0.0657 e. The molecule has 0 spiro atoms. The largest absolute Gasteiger partial charge is 0.383 e. The molecule has 1 unspecified atom stereocenters. The summed E-state index contributed by atoms with van der Waals surface area (Å²) >= 11 is 0. The molecule has 1 aromatic carbocycles. The number of hydrogen-bond acceptors (Lipinski definition) is 2. The van der Waals surface area contributed by atoms with Crippen LogP contribution in [0.2, 0.25) is 0 Å². The Kier molecular flexibility index (Phi) is 5.41. The molecular weight excluding hydrogens is 234 g/mol. The van der Waals surface area contributed by atoms with Gasteiger partial charge in [0.05, 0.1) is 12.6 Å². The molecule has 0 saturated heterocycles. The van der Waals surface area contributed by atoms with Gasteiger partial charge in [-0.25, -0.2) is 0 Å². The summed E-state index contributed by atoms with van der Waals surface area (Å²) in [5, 5.41) is 3.75. The molecule has 1 N–H and O–H groups in total. The molecule has 0 bridgehead atoms. The number of nitrogens with one attached hydrogen (secondary N) is 1. The van der Waals surface area contributed by atoms with Crippen molar-refractivity contribution >= 4 is 0 Å². The maximum Gasteiger partial charge on any atom is 0.0657 e. The topological polar surface area (TPSA) is 21.3 Å². The van der Waals surface area contributed by atoms with Crippen molar-refractivity contribution < 1.29 is 4.74 Å². The third-order valence-corrected chi connectivity index (χ3v) is 4.67. The van der Waals surface area contributed by atoms with Gasteiger partial charge in [0.2, 0.25) is 0 Å². The lowest BCUT2D eigenvalue weighted by Gasteiger charge is -2.30. The molecule has 2 nitrogen and oxygen atoms in total. The van der Waals surface area contributed by atoms with Crippen molar-refractivity contribution in [2.75, 3.05) is 20.3 Å². The van der Waals surface area contributed by atoms with Gasteiger partial charge in [0.25, 0.3) is 0 Å². The number of hydrogen-bond donors (Lipinski definition) is 1. The molecule has 0 radical (unpaired) electrons. The maximum absolute atomic E-state index is 5.38. The molecule has 1 atom stereocenters. The molecule has 1 aliphatic carbocycles. The second kappa shape index (κ2) is 7.06. The second-order valence-electron chi connectivity index (χ2n) is 5.86. The molecule has 0 aliphatic heterocycles. The van der Waals surface area contributed by atoms with Gasteiger partial charge in [-0.15, -0.1) is 0 Å². The average Bonchev–Trinajstić information content (AvgIpc) is 2.94. The first-order valence-corrected chi connectivity index (χ1v) is 7.57. The molecule has 1 saturated carbocycles. The standard InChI is InChI=1S/C17H27NO/c1-3-17(11-7-8-12-17)14-18-16(13-19-2)15-9-5-4-6-10-15/h4-6,9-10,16,18H,3,7-8,11-14H2,1-2H3. The Morgan fingerprint density at radius 1 is 1.21 bits per heavy atom. The Hall–Kier alpha value is -0.860. The summed E-state index contributed by atoms with van der Waals surface area (Å²) in [6, 6.07) is 11.0. The van der Waals surface area contributed by atoms with Crippen molar-refractivity contribution in [1.82, 2.24) is 5.32 Å². The van der Waals surface area contributed by atoms with Crippen molar-refractivity contribution in [3.8, 4) is 0 Å². The Balaban J connectivity index is 1.97. The maximum atomic E-state index is 5.38. The molecule has 19 heavy (non-hydrogen) atoms. The van der Waals surface area contributed by atoms with E-state index < -0.39 is 0 Å². The van der Waals surface area contributed by atoms with E-state index in [4.69, 9.17) is 4.74 Å². The van der Waals surface area contributed by atoms with Gasteiger partial charge in [0.15, 0.2) is 0 Å². The van der Waals surface area contributed by atoms with Crippen LogP contribution in [0, 0.1) is 5.41 Å². The van der Waals surface area contributed by atoms with E-state index >= 15 is 0 Å². The third-order valence-electron chi connectivity index (χ3n) is 4.67. The van der Waals surface area contributed by atoms with E-state index in [-0.39, 0.29) is 0 Å². The molecular formula is C17H27NO. The summed E-state index contributed by atoms with van der Waals surface area (Å²) in [7, 11) is 1.78. The van der Waals surface area contributed by atoms with Gasteiger partial charge in [0.1, 0.15) is 0 Å². The molecule has 106 valence electrons. The molecule has 0 amide bonds. The minimum atomic E-state index is 0.315. The SMILES string of the molecule is CCC1(CNC(COC)c2ccccc2)CCCC1. The van der Waals surface area contributed by atoms with Crippen LogP contribution in [0.3, 0.4) is 0 Å². The summed E-state index contributed by atoms with van der Waals surface area (Å²) in [6.07, 6.45) is 6.84. The zero-order chi connectivity index (χ0) is 13.6. The van der Waals surface area contributed by atoms with E-state index in [1.54, 1.807) is 7.11 Å². The summed E-state index contributed by atoms with van der Waals surface area (Å²) < 4.78 is 5.38. The monoisotopic (exact) mass is 261 g/mol. The highest BCUT2D eigenvalue weighted by Gasteiger charge is 2.32. The van der Waals surface area contributed by atoms with Crippen LogP contribution in [0.25, 0.3) is 0 Å². The molecule has 1 aliphatic rings. The van der Waals surface area contributed by atoms with E-state index in [0.717, 1.165) is 13.2 Å². The van der Waals surface area contributed by atoms with Crippen LogP contribution in [0.1, 0.15) is 50.6 Å². The van der Waals surface area contributed by atoms with Crippen LogP contribution < -0.4 is 5.32 Å². The first-order valence-electron chi connectivity index (χ1n) is 7.57.